The van der Waals surface area contributed by atoms with E-state index >= 15 is 0 Å². The number of aryl methyl sites for hydroxylation is 2. The summed E-state index contributed by atoms with van der Waals surface area (Å²) in [6, 6.07) is 11.2. The van der Waals surface area contributed by atoms with Gasteiger partial charge in [0.1, 0.15) is 5.75 Å². The molecule has 3 rings (SSSR count). The van der Waals surface area contributed by atoms with Gasteiger partial charge in [0.2, 0.25) is 11.8 Å². The highest BCUT2D eigenvalue weighted by Crippen LogP contribution is 2.29. The van der Waals surface area contributed by atoms with Crippen LogP contribution in [-0.4, -0.2) is 25.0 Å². The van der Waals surface area contributed by atoms with E-state index in [-0.39, 0.29) is 24.2 Å². The Morgan fingerprint density at radius 3 is 2.44 bits per heavy atom. The van der Waals surface area contributed by atoms with Crippen molar-refractivity contribution in [1.82, 2.24) is 0 Å². The van der Waals surface area contributed by atoms with Gasteiger partial charge < -0.3 is 15.0 Å². The van der Waals surface area contributed by atoms with Crippen molar-refractivity contribution in [3.05, 3.63) is 52.0 Å². The number of anilines is 2. The normalized spacial score (nSPS) is 16.5. The van der Waals surface area contributed by atoms with Gasteiger partial charge in [0.05, 0.1) is 12.5 Å². The lowest BCUT2D eigenvalue weighted by molar-refractivity contribution is -0.122. The largest absolute Gasteiger partial charge is 0.494 e. The molecule has 27 heavy (non-hydrogen) atoms. The predicted molar refractivity (Wildman–Crippen MR) is 110 cm³/mol. The van der Waals surface area contributed by atoms with Crippen molar-refractivity contribution >= 4 is 39.1 Å². The Balaban J connectivity index is 1.68. The van der Waals surface area contributed by atoms with E-state index in [1.165, 1.54) is 0 Å². The fourth-order valence-electron chi connectivity index (χ4n) is 3.28. The first-order chi connectivity index (χ1) is 12.9. The lowest BCUT2D eigenvalue weighted by atomic mass is 10.1. The molecule has 0 aromatic heterocycles. The molecular formula is C21H23BrN2O3. The highest BCUT2D eigenvalue weighted by atomic mass is 79.9. The molecule has 1 aliphatic rings. The standard InChI is InChI=1S/C21H23BrN2O3/c1-4-27-18-7-5-17(6-8-18)24-12-15(11-19(24)25)21(26)23-16-9-13(2)20(22)14(3)10-16/h5-10,15H,4,11-12H2,1-3H3,(H,23,26)/t15-/m1/s1. The van der Waals surface area contributed by atoms with E-state index in [0.717, 1.165) is 32.7 Å². The van der Waals surface area contributed by atoms with Crippen LogP contribution in [0.3, 0.4) is 0 Å². The van der Waals surface area contributed by atoms with Crippen LogP contribution in [0, 0.1) is 19.8 Å². The minimum absolute atomic E-state index is 0.0394. The van der Waals surface area contributed by atoms with Crippen molar-refractivity contribution in [2.24, 2.45) is 5.92 Å². The topological polar surface area (TPSA) is 58.6 Å². The monoisotopic (exact) mass is 430 g/mol. The molecule has 1 fully saturated rings. The molecule has 1 atom stereocenters. The summed E-state index contributed by atoms with van der Waals surface area (Å²) in [6.45, 7) is 6.88. The molecule has 1 N–H and O–H groups in total. The van der Waals surface area contributed by atoms with Gasteiger partial charge in [0, 0.05) is 28.8 Å². The molecule has 1 aliphatic heterocycles. The number of rotatable bonds is 5. The van der Waals surface area contributed by atoms with E-state index in [9.17, 15) is 9.59 Å². The molecule has 0 spiro atoms. The summed E-state index contributed by atoms with van der Waals surface area (Å²) < 4.78 is 6.47. The smallest absolute Gasteiger partial charge is 0.229 e. The van der Waals surface area contributed by atoms with Gasteiger partial charge in [-0.05, 0) is 68.3 Å². The molecule has 142 valence electrons. The fourth-order valence-corrected chi connectivity index (χ4v) is 3.51. The summed E-state index contributed by atoms with van der Waals surface area (Å²) in [5.74, 6) is 0.233. The molecule has 2 amide bonds. The summed E-state index contributed by atoms with van der Waals surface area (Å²) in [5.41, 5.74) is 3.66. The SMILES string of the molecule is CCOc1ccc(N2C[C@H](C(=O)Nc3cc(C)c(Br)c(C)c3)CC2=O)cc1. The van der Waals surface area contributed by atoms with Crippen LogP contribution < -0.4 is 15.0 Å². The van der Waals surface area contributed by atoms with Gasteiger partial charge in [-0.3, -0.25) is 9.59 Å². The van der Waals surface area contributed by atoms with E-state index in [1.54, 1.807) is 4.90 Å². The second-order valence-corrected chi connectivity index (χ2v) is 7.54. The number of carbonyl (C=O) groups excluding carboxylic acids is 2. The first-order valence-corrected chi connectivity index (χ1v) is 9.79. The highest BCUT2D eigenvalue weighted by Gasteiger charge is 2.35. The van der Waals surface area contributed by atoms with Gasteiger partial charge in [0.15, 0.2) is 0 Å². The van der Waals surface area contributed by atoms with Crippen molar-refractivity contribution < 1.29 is 14.3 Å². The Hall–Kier alpha value is -2.34. The Morgan fingerprint density at radius 1 is 1.22 bits per heavy atom. The molecular weight excluding hydrogens is 408 g/mol. The summed E-state index contributed by atoms with van der Waals surface area (Å²) in [5, 5.41) is 2.95. The molecule has 2 aromatic carbocycles. The van der Waals surface area contributed by atoms with E-state index in [1.807, 2.05) is 57.2 Å². The van der Waals surface area contributed by atoms with Crippen molar-refractivity contribution in [1.29, 1.82) is 0 Å². The average Bonchev–Trinajstić information content (AvgIpc) is 3.02. The third kappa shape index (κ3) is 4.33. The third-order valence-electron chi connectivity index (χ3n) is 4.66. The van der Waals surface area contributed by atoms with E-state index in [2.05, 4.69) is 21.2 Å². The molecule has 0 saturated carbocycles. The number of benzene rings is 2. The summed E-state index contributed by atoms with van der Waals surface area (Å²) in [6.07, 6.45) is 0.216. The van der Waals surface area contributed by atoms with Crippen LogP contribution in [0.5, 0.6) is 5.75 Å². The van der Waals surface area contributed by atoms with Crippen molar-refractivity contribution in [3.8, 4) is 5.75 Å². The van der Waals surface area contributed by atoms with Gasteiger partial charge in [-0.2, -0.15) is 0 Å². The molecule has 1 heterocycles. The number of hydrogen-bond donors (Lipinski definition) is 1. The van der Waals surface area contributed by atoms with Crippen LogP contribution >= 0.6 is 15.9 Å². The molecule has 5 nitrogen and oxygen atoms in total. The van der Waals surface area contributed by atoms with Gasteiger partial charge in [-0.1, -0.05) is 15.9 Å². The second kappa shape index (κ2) is 8.13. The van der Waals surface area contributed by atoms with E-state index < -0.39 is 0 Å². The maximum absolute atomic E-state index is 12.7. The van der Waals surface area contributed by atoms with Gasteiger partial charge in [-0.25, -0.2) is 0 Å². The van der Waals surface area contributed by atoms with Crippen LogP contribution in [0.4, 0.5) is 11.4 Å². The first-order valence-electron chi connectivity index (χ1n) is 9.00. The number of ether oxygens (including phenoxy) is 1. The second-order valence-electron chi connectivity index (χ2n) is 6.75. The number of carbonyl (C=O) groups is 2. The van der Waals surface area contributed by atoms with Gasteiger partial charge in [0.25, 0.3) is 0 Å². The Kier molecular flexibility index (Phi) is 5.85. The van der Waals surface area contributed by atoms with Crippen molar-refractivity contribution in [2.45, 2.75) is 27.2 Å². The maximum atomic E-state index is 12.7. The van der Waals surface area contributed by atoms with Crippen molar-refractivity contribution in [3.63, 3.8) is 0 Å². The van der Waals surface area contributed by atoms with Crippen LogP contribution in [-0.2, 0) is 9.59 Å². The minimum Gasteiger partial charge on any atom is -0.494 e. The first kappa shape index (κ1) is 19.4. The minimum atomic E-state index is -0.367. The molecule has 2 aromatic rings. The number of halogens is 1. The Bertz CT molecular complexity index is 841. The number of nitrogens with zero attached hydrogens (tertiary/aromatic N) is 1. The maximum Gasteiger partial charge on any atom is 0.229 e. The number of nitrogens with one attached hydrogen (secondary N) is 1. The van der Waals surface area contributed by atoms with Gasteiger partial charge in [-0.15, -0.1) is 0 Å². The fraction of sp³-hybridized carbons (Fsp3) is 0.333. The van der Waals surface area contributed by atoms with E-state index in [4.69, 9.17) is 4.74 Å². The molecule has 0 aliphatic carbocycles. The lowest BCUT2D eigenvalue weighted by Crippen LogP contribution is -2.28. The third-order valence-corrected chi connectivity index (χ3v) is 5.91. The van der Waals surface area contributed by atoms with Crippen LogP contribution in [0.15, 0.2) is 40.9 Å². The lowest BCUT2D eigenvalue weighted by Gasteiger charge is -2.17. The highest BCUT2D eigenvalue weighted by molar-refractivity contribution is 9.10. The molecule has 1 saturated heterocycles. The van der Waals surface area contributed by atoms with E-state index in [0.29, 0.717) is 13.2 Å². The predicted octanol–water partition coefficient (Wildman–Crippen LogP) is 4.46. The summed E-state index contributed by atoms with van der Waals surface area (Å²) >= 11 is 3.53. The van der Waals surface area contributed by atoms with Crippen LogP contribution in [0.2, 0.25) is 0 Å². The molecule has 0 unspecified atom stereocenters. The Labute approximate surface area is 167 Å². The number of amides is 2. The zero-order chi connectivity index (χ0) is 19.6. The van der Waals surface area contributed by atoms with Gasteiger partial charge >= 0.3 is 0 Å². The molecule has 6 heteroatoms. The average molecular weight is 431 g/mol. The Morgan fingerprint density at radius 2 is 1.85 bits per heavy atom. The quantitative estimate of drug-likeness (QED) is 0.761. The molecule has 0 radical (unpaired) electrons. The zero-order valence-electron chi connectivity index (χ0n) is 15.7. The number of hydrogen-bond acceptors (Lipinski definition) is 3. The van der Waals surface area contributed by atoms with Crippen molar-refractivity contribution in [2.75, 3.05) is 23.4 Å². The van der Waals surface area contributed by atoms with Crippen LogP contribution in [0.25, 0.3) is 0 Å². The zero-order valence-corrected chi connectivity index (χ0v) is 17.3. The van der Waals surface area contributed by atoms with Crippen LogP contribution in [0.1, 0.15) is 24.5 Å². The molecule has 0 bridgehead atoms. The summed E-state index contributed by atoms with van der Waals surface area (Å²) in [4.78, 5) is 26.7. The summed E-state index contributed by atoms with van der Waals surface area (Å²) in [7, 11) is 0.